The smallest absolute Gasteiger partial charge is 0.407 e. The summed E-state index contributed by atoms with van der Waals surface area (Å²) in [6.07, 6.45) is 0.796. The summed E-state index contributed by atoms with van der Waals surface area (Å²) in [5, 5.41) is 12.0. The van der Waals surface area contributed by atoms with Gasteiger partial charge < -0.3 is 19.7 Å². The fourth-order valence-corrected chi connectivity index (χ4v) is 4.31. The zero-order valence-electron chi connectivity index (χ0n) is 21.8. The van der Waals surface area contributed by atoms with Crippen LogP contribution in [0.15, 0.2) is 47.3 Å². The second kappa shape index (κ2) is 10.9. The number of carbonyl (C=O) groups excluding carboxylic acids is 1. The zero-order valence-corrected chi connectivity index (χ0v) is 21.8. The number of ether oxygens (including phenoxy) is 2. The summed E-state index contributed by atoms with van der Waals surface area (Å²) in [4.78, 5) is 35.1. The van der Waals surface area contributed by atoms with E-state index >= 15 is 0 Å². The molecule has 1 saturated heterocycles. The van der Waals surface area contributed by atoms with Crippen molar-refractivity contribution in [3.63, 3.8) is 0 Å². The molecule has 9 nitrogen and oxygen atoms in total. The summed E-state index contributed by atoms with van der Waals surface area (Å²) < 4.78 is 25.1. The Hall–Kier alpha value is -4.39. The Morgan fingerprint density at radius 3 is 2.39 bits per heavy atom. The van der Waals surface area contributed by atoms with Gasteiger partial charge in [-0.2, -0.15) is 5.26 Å². The lowest BCUT2D eigenvalue weighted by Crippen LogP contribution is -2.46. The summed E-state index contributed by atoms with van der Waals surface area (Å²) in [6.45, 7) is 6.50. The molecule has 1 aliphatic heterocycles. The van der Waals surface area contributed by atoms with Crippen LogP contribution in [0, 0.1) is 17.1 Å². The first-order chi connectivity index (χ1) is 18.1. The number of carbonyl (C=O) groups is 1. The molecule has 1 fully saturated rings. The number of H-pyrrole nitrogens is 1. The Kier molecular flexibility index (Phi) is 7.67. The number of nitriles is 1. The molecule has 0 unspecified atom stereocenters. The molecule has 0 radical (unpaired) electrons. The van der Waals surface area contributed by atoms with E-state index in [1.807, 2.05) is 31.7 Å². The molecule has 10 heteroatoms. The van der Waals surface area contributed by atoms with Gasteiger partial charge in [0, 0.05) is 24.7 Å². The Bertz CT molecular complexity index is 1420. The van der Waals surface area contributed by atoms with E-state index < -0.39 is 17.5 Å². The third kappa shape index (κ3) is 6.11. The predicted octanol–water partition coefficient (Wildman–Crippen LogP) is 4.62. The van der Waals surface area contributed by atoms with Crippen molar-refractivity contribution in [2.75, 3.05) is 25.1 Å². The van der Waals surface area contributed by atoms with Gasteiger partial charge in [-0.3, -0.25) is 9.78 Å². The number of benzene rings is 2. The molecule has 1 aliphatic rings. The predicted molar refractivity (Wildman–Crippen MR) is 142 cm³/mol. The van der Waals surface area contributed by atoms with Gasteiger partial charge in [-0.15, -0.1) is 0 Å². The summed E-state index contributed by atoms with van der Waals surface area (Å²) in [6, 6.07) is 12.9. The molecular weight excluding hydrogens is 489 g/mol. The first-order valence-electron chi connectivity index (χ1n) is 12.3. The Balaban J connectivity index is 1.65. The van der Waals surface area contributed by atoms with Crippen molar-refractivity contribution < 1.29 is 18.7 Å². The van der Waals surface area contributed by atoms with Gasteiger partial charge in [0.05, 0.1) is 23.9 Å². The third-order valence-corrected chi connectivity index (χ3v) is 6.16. The highest BCUT2D eigenvalue weighted by atomic mass is 19.1. The van der Waals surface area contributed by atoms with Crippen LogP contribution < -0.4 is 20.5 Å². The van der Waals surface area contributed by atoms with Crippen molar-refractivity contribution in [3.05, 3.63) is 64.2 Å². The molecule has 2 N–H and O–H groups in total. The molecule has 3 aromatic rings. The van der Waals surface area contributed by atoms with Crippen LogP contribution >= 0.6 is 0 Å². The molecular formula is C28H30FN5O4. The van der Waals surface area contributed by atoms with E-state index in [-0.39, 0.29) is 22.7 Å². The molecule has 0 saturated carbocycles. The van der Waals surface area contributed by atoms with E-state index in [0.29, 0.717) is 54.4 Å². The first-order valence-corrected chi connectivity index (χ1v) is 12.3. The fourth-order valence-electron chi connectivity index (χ4n) is 4.31. The summed E-state index contributed by atoms with van der Waals surface area (Å²) >= 11 is 0. The molecule has 4 rings (SSSR count). The monoisotopic (exact) mass is 519 g/mol. The Morgan fingerprint density at radius 1 is 1.16 bits per heavy atom. The lowest BCUT2D eigenvalue weighted by Gasteiger charge is -2.33. The second-order valence-corrected chi connectivity index (χ2v) is 10.1. The van der Waals surface area contributed by atoms with Crippen LogP contribution in [0.1, 0.15) is 39.2 Å². The standard InChI is InChI=1S/C28H30FN5O4/c1-28(2,3)38-27(36)31-20-11-13-34(14-12-20)26-32-24(18-5-6-19(16-30)22(29)15-18)23(25(35)33-26)17-7-9-21(37-4)10-8-17/h5-10,15,20H,11-14H2,1-4H3,(H,31,36)(H,32,33,35). The number of aromatic nitrogens is 2. The van der Waals surface area contributed by atoms with Crippen LogP contribution in [0.2, 0.25) is 0 Å². The van der Waals surface area contributed by atoms with E-state index in [9.17, 15) is 14.0 Å². The highest BCUT2D eigenvalue weighted by Crippen LogP contribution is 2.31. The van der Waals surface area contributed by atoms with Crippen molar-refractivity contribution in [2.45, 2.75) is 45.3 Å². The summed E-state index contributed by atoms with van der Waals surface area (Å²) in [5.41, 5.74) is 0.486. The number of amides is 1. The number of alkyl carbamates (subject to hydrolysis) is 1. The fraction of sp³-hybridized carbons (Fsp3) is 0.357. The Morgan fingerprint density at radius 2 is 1.82 bits per heavy atom. The number of anilines is 1. The second-order valence-electron chi connectivity index (χ2n) is 10.1. The molecule has 0 atom stereocenters. The molecule has 0 spiro atoms. The van der Waals surface area contributed by atoms with Gasteiger partial charge in [0.1, 0.15) is 23.2 Å². The van der Waals surface area contributed by atoms with E-state index in [1.54, 1.807) is 37.4 Å². The number of piperidine rings is 1. The van der Waals surface area contributed by atoms with Gasteiger partial charge in [-0.1, -0.05) is 18.2 Å². The van der Waals surface area contributed by atoms with Crippen LogP contribution in [0.4, 0.5) is 15.1 Å². The zero-order chi connectivity index (χ0) is 27.4. The van der Waals surface area contributed by atoms with Gasteiger partial charge in [0.2, 0.25) is 5.95 Å². The lowest BCUT2D eigenvalue weighted by molar-refractivity contribution is 0.0497. The summed E-state index contributed by atoms with van der Waals surface area (Å²) in [7, 11) is 1.55. The van der Waals surface area contributed by atoms with Crippen LogP contribution in [-0.2, 0) is 4.74 Å². The first kappa shape index (κ1) is 26.7. The van der Waals surface area contributed by atoms with Crippen molar-refractivity contribution in [3.8, 4) is 34.2 Å². The van der Waals surface area contributed by atoms with Crippen LogP contribution in [0.5, 0.6) is 5.75 Å². The van der Waals surface area contributed by atoms with E-state index in [0.717, 1.165) is 0 Å². The molecule has 2 heterocycles. The number of methoxy groups -OCH3 is 1. The van der Waals surface area contributed by atoms with E-state index in [1.165, 1.54) is 12.1 Å². The van der Waals surface area contributed by atoms with Crippen LogP contribution in [-0.4, -0.2) is 47.9 Å². The van der Waals surface area contributed by atoms with Crippen molar-refractivity contribution in [1.29, 1.82) is 5.26 Å². The van der Waals surface area contributed by atoms with Gasteiger partial charge in [-0.05, 0) is 63.4 Å². The molecule has 0 bridgehead atoms. The van der Waals surface area contributed by atoms with Gasteiger partial charge >= 0.3 is 6.09 Å². The van der Waals surface area contributed by atoms with Crippen LogP contribution in [0.3, 0.4) is 0 Å². The Labute approximate surface area is 220 Å². The minimum absolute atomic E-state index is 0.0708. The quantitative estimate of drug-likeness (QED) is 0.505. The lowest BCUT2D eigenvalue weighted by atomic mass is 9.99. The van der Waals surface area contributed by atoms with Gasteiger partial charge in [-0.25, -0.2) is 14.2 Å². The topological polar surface area (TPSA) is 120 Å². The van der Waals surface area contributed by atoms with E-state index in [4.69, 9.17) is 19.7 Å². The maximum absolute atomic E-state index is 14.6. The third-order valence-electron chi connectivity index (χ3n) is 6.16. The molecule has 0 aliphatic carbocycles. The minimum atomic E-state index is -0.691. The molecule has 2 aromatic carbocycles. The number of nitrogens with one attached hydrogen (secondary N) is 2. The highest BCUT2D eigenvalue weighted by Gasteiger charge is 2.26. The highest BCUT2D eigenvalue weighted by molar-refractivity contribution is 5.81. The van der Waals surface area contributed by atoms with Gasteiger partial charge in [0.25, 0.3) is 5.56 Å². The maximum atomic E-state index is 14.6. The molecule has 1 amide bonds. The average molecular weight is 520 g/mol. The average Bonchev–Trinajstić information content (AvgIpc) is 2.87. The number of nitrogens with zero attached hydrogens (tertiary/aromatic N) is 3. The molecule has 1 aromatic heterocycles. The molecule has 38 heavy (non-hydrogen) atoms. The minimum Gasteiger partial charge on any atom is -0.497 e. The summed E-state index contributed by atoms with van der Waals surface area (Å²) in [5.74, 6) is 0.287. The number of hydrogen-bond donors (Lipinski definition) is 2. The van der Waals surface area contributed by atoms with Gasteiger partial charge in [0.15, 0.2) is 0 Å². The van der Waals surface area contributed by atoms with Crippen molar-refractivity contribution >= 4 is 12.0 Å². The number of rotatable bonds is 5. The molecule has 198 valence electrons. The SMILES string of the molecule is COc1ccc(-c2c(-c3ccc(C#N)c(F)c3)nc(N3CCC(NC(=O)OC(C)(C)C)CC3)[nH]c2=O)cc1. The number of hydrogen-bond acceptors (Lipinski definition) is 7. The largest absolute Gasteiger partial charge is 0.497 e. The normalized spacial score (nSPS) is 14.1. The van der Waals surface area contributed by atoms with E-state index in [2.05, 4.69) is 10.3 Å². The number of aromatic amines is 1. The van der Waals surface area contributed by atoms with Crippen molar-refractivity contribution in [2.24, 2.45) is 0 Å². The number of halogens is 1. The van der Waals surface area contributed by atoms with Crippen LogP contribution in [0.25, 0.3) is 22.4 Å². The van der Waals surface area contributed by atoms with Crippen molar-refractivity contribution in [1.82, 2.24) is 15.3 Å². The maximum Gasteiger partial charge on any atom is 0.407 e.